The Morgan fingerprint density at radius 3 is 1.25 bits per heavy atom. The number of ether oxygens (including phenoxy) is 2. The first-order valence-corrected chi connectivity index (χ1v) is 4.24. The Balaban J connectivity index is 4.54. The molecule has 0 heterocycles. The Labute approximate surface area is 91.0 Å². The maximum atomic E-state index is 10.8. The van der Waals surface area contributed by atoms with Crippen LogP contribution in [-0.2, 0) is 19.1 Å². The van der Waals surface area contributed by atoms with Gasteiger partial charge in [-0.1, -0.05) is 0 Å². The number of hydrogen-bond donors (Lipinski definition) is 4. The smallest absolute Gasteiger partial charge is 0.337 e. The minimum absolute atomic E-state index is 0.960. The third-order valence-electron chi connectivity index (χ3n) is 1.88. The summed E-state index contributed by atoms with van der Waals surface area (Å²) in [5, 5.41) is 36.7. The summed E-state index contributed by atoms with van der Waals surface area (Å²) in [6.07, 6.45) is -8.28. The standard InChI is InChI=1S/C8H14O8/c1-15-7(13)5(11)3(9)4(10)6(12)8(14)16-2/h3-6,9-12H,1-2H3/t3-,4-,5-,6-/m1/s1. The Morgan fingerprint density at radius 1 is 0.812 bits per heavy atom. The molecular weight excluding hydrogens is 224 g/mol. The predicted octanol–water partition coefficient (Wildman–Crippen LogP) is -3.22. The highest BCUT2D eigenvalue weighted by Gasteiger charge is 2.38. The molecule has 0 aromatic heterocycles. The largest absolute Gasteiger partial charge is 0.467 e. The first-order valence-electron chi connectivity index (χ1n) is 4.24. The summed E-state index contributed by atoms with van der Waals surface area (Å²) < 4.78 is 8.18. The third-order valence-corrected chi connectivity index (χ3v) is 1.88. The Morgan fingerprint density at radius 2 is 1.06 bits per heavy atom. The average Bonchev–Trinajstić information content (AvgIpc) is 2.32. The Hall–Kier alpha value is -1.22. The van der Waals surface area contributed by atoms with E-state index in [1.807, 2.05) is 0 Å². The summed E-state index contributed by atoms with van der Waals surface area (Å²) in [5.41, 5.74) is 0. The molecule has 0 amide bonds. The number of rotatable bonds is 5. The van der Waals surface area contributed by atoms with Gasteiger partial charge in [-0.2, -0.15) is 0 Å². The van der Waals surface area contributed by atoms with Crippen molar-refractivity contribution >= 4 is 11.9 Å². The summed E-state index contributed by atoms with van der Waals surface area (Å²) in [7, 11) is 1.92. The van der Waals surface area contributed by atoms with E-state index >= 15 is 0 Å². The van der Waals surface area contributed by atoms with Gasteiger partial charge in [0.15, 0.2) is 12.2 Å². The Kier molecular flexibility index (Phi) is 5.89. The first kappa shape index (κ1) is 14.8. The molecule has 8 nitrogen and oxygen atoms in total. The lowest BCUT2D eigenvalue weighted by Gasteiger charge is -2.23. The molecule has 4 atom stereocenters. The molecule has 0 aliphatic heterocycles. The second-order valence-corrected chi connectivity index (χ2v) is 2.92. The van der Waals surface area contributed by atoms with Crippen LogP contribution in [0.1, 0.15) is 0 Å². The molecule has 0 aliphatic carbocycles. The molecule has 0 aromatic rings. The number of aliphatic hydroxyl groups excluding tert-OH is 4. The van der Waals surface area contributed by atoms with Crippen molar-refractivity contribution in [3.63, 3.8) is 0 Å². The van der Waals surface area contributed by atoms with Crippen LogP contribution in [0.25, 0.3) is 0 Å². The highest BCUT2D eigenvalue weighted by atomic mass is 16.5. The molecule has 0 unspecified atom stereocenters. The van der Waals surface area contributed by atoms with Crippen LogP contribution in [0.2, 0.25) is 0 Å². The quantitative estimate of drug-likeness (QED) is 0.367. The average molecular weight is 238 g/mol. The number of esters is 2. The molecule has 0 saturated carbocycles. The highest BCUT2D eigenvalue weighted by Crippen LogP contribution is 2.07. The van der Waals surface area contributed by atoms with Crippen molar-refractivity contribution in [3.05, 3.63) is 0 Å². The minimum atomic E-state index is -2.07. The van der Waals surface area contributed by atoms with Gasteiger partial charge in [0, 0.05) is 0 Å². The van der Waals surface area contributed by atoms with Crippen LogP contribution in [0.3, 0.4) is 0 Å². The minimum Gasteiger partial charge on any atom is -0.467 e. The number of aliphatic hydroxyl groups is 4. The molecule has 0 radical (unpaired) electrons. The van der Waals surface area contributed by atoms with E-state index in [2.05, 4.69) is 9.47 Å². The van der Waals surface area contributed by atoms with Crippen LogP contribution in [0.15, 0.2) is 0 Å². The van der Waals surface area contributed by atoms with Gasteiger partial charge in [0.2, 0.25) is 0 Å². The lowest BCUT2D eigenvalue weighted by atomic mass is 10.0. The van der Waals surface area contributed by atoms with E-state index < -0.39 is 36.4 Å². The van der Waals surface area contributed by atoms with Crippen molar-refractivity contribution in [2.45, 2.75) is 24.4 Å². The van der Waals surface area contributed by atoms with Crippen molar-refractivity contribution in [2.24, 2.45) is 0 Å². The monoisotopic (exact) mass is 238 g/mol. The molecule has 0 aliphatic rings. The fourth-order valence-corrected chi connectivity index (χ4v) is 0.894. The van der Waals surface area contributed by atoms with Crippen molar-refractivity contribution < 1.29 is 39.5 Å². The van der Waals surface area contributed by atoms with Gasteiger partial charge in [-0.05, 0) is 0 Å². The van der Waals surface area contributed by atoms with Crippen LogP contribution in [0.4, 0.5) is 0 Å². The van der Waals surface area contributed by atoms with Crippen LogP contribution >= 0.6 is 0 Å². The molecule has 94 valence electrons. The van der Waals surface area contributed by atoms with E-state index in [0.29, 0.717) is 0 Å². The molecule has 0 fully saturated rings. The zero-order valence-corrected chi connectivity index (χ0v) is 8.73. The molecule has 16 heavy (non-hydrogen) atoms. The van der Waals surface area contributed by atoms with Gasteiger partial charge >= 0.3 is 11.9 Å². The van der Waals surface area contributed by atoms with E-state index in [1.54, 1.807) is 0 Å². The molecule has 0 rings (SSSR count). The molecular formula is C8H14O8. The van der Waals surface area contributed by atoms with E-state index in [9.17, 15) is 19.8 Å². The molecule has 8 heteroatoms. The van der Waals surface area contributed by atoms with E-state index in [0.717, 1.165) is 14.2 Å². The molecule has 0 bridgehead atoms. The molecule has 0 spiro atoms. The van der Waals surface area contributed by atoms with Gasteiger partial charge in [-0.25, -0.2) is 9.59 Å². The summed E-state index contributed by atoms with van der Waals surface area (Å²) >= 11 is 0. The normalized spacial score (nSPS) is 18.1. The van der Waals surface area contributed by atoms with Crippen molar-refractivity contribution in [2.75, 3.05) is 14.2 Å². The summed E-state index contributed by atoms with van der Waals surface area (Å²) in [5.74, 6) is -2.41. The zero-order chi connectivity index (χ0) is 12.9. The number of methoxy groups -OCH3 is 2. The van der Waals surface area contributed by atoms with Gasteiger partial charge in [-0.3, -0.25) is 0 Å². The molecule has 0 saturated heterocycles. The van der Waals surface area contributed by atoms with Gasteiger partial charge < -0.3 is 29.9 Å². The molecule has 0 aromatic carbocycles. The molecule has 4 N–H and O–H groups in total. The first-order chi connectivity index (χ1) is 7.36. The van der Waals surface area contributed by atoms with E-state index in [1.165, 1.54) is 0 Å². The van der Waals surface area contributed by atoms with Gasteiger partial charge in [0.05, 0.1) is 14.2 Å². The van der Waals surface area contributed by atoms with Crippen LogP contribution in [0, 0.1) is 0 Å². The third kappa shape index (κ3) is 3.42. The van der Waals surface area contributed by atoms with Gasteiger partial charge in [0.1, 0.15) is 12.2 Å². The second kappa shape index (κ2) is 6.38. The summed E-state index contributed by atoms with van der Waals surface area (Å²) in [6.45, 7) is 0. The zero-order valence-electron chi connectivity index (χ0n) is 8.73. The van der Waals surface area contributed by atoms with Gasteiger partial charge in [-0.15, -0.1) is 0 Å². The van der Waals surface area contributed by atoms with Crippen molar-refractivity contribution in [1.29, 1.82) is 0 Å². The number of carbonyl (C=O) groups is 2. The number of carbonyl (C=O) groups excluding carboxylic acids is 2. The summed E-state index contributed by atoms with van der Waals surface area (Å²) in [6, 6.07) is 0. The summed E-state index contributed by atoms with van der Waals surface area (Å²) in [4.78, 5) is 21.6. The lowest BCUT2D eigenvalue weighted by Crippen LogP contribution is -2.50. The maximum absolute atomic E-state index is 10.8. The van der Waals surface area contributed by atoms with Crippen molar-refractivity contribution in [3.8, 4) is 0 Å². The van der Waals surface area contributed by atoms with Crippen LogP contribution in [-0.4, -0.2) is 71.0 Å². The van der Waals surface area contributed by atoms with Crippen LogP contribution in [0.5, 0.6) is 0 Å². The van der Waals surface area contributed by atoms with Crippen LogP contribution < -0.4 is 0 Å². The van der Waals surface area contributed by atoms with Crippen molar-refractivity contribution in [1.82, 2.24) is 0 Å². The fraction of sp³-hybridized carbons (Fsp3) is 0.750. The second-order valence-electron chi connectivity index (χ2n) is 2.92. The maximum Gasteiger partial charge on any atom is 0.337 e. The fourth-order valence-electron chi connectivity index (χ4n) is 0.894. The Bertz CT molecular complexity index is 226. The predicted molar refractivity (Wildman–Crippen MR) is 48.1 cm³/mol. The van der Waals surface area contributed by atoms with E-state index in [-0.39, 0.29) is 0 Å². The van der Waals surface area contributed by atoms with Gasteiger partial charge in [0.25, 0.3) is 0 Å². The topological polar surface area (TPSA) is 134 Å². The van der Waals surface area contributed by atoms with E-state index in [4.69, 9.17) is 10.2 Å². The SMILES string of the molecule is COC(=O)[C@H](O)[C@H](O)[C@@H](O)[C@@H](O)C(=O)OC. The lowest BCUT2D eigenvalue weighted by molar-refractivity contribution is -0.176. The number of hydrogen-bond acceptors (Lipinski definition) is 8. The highest BCUT2D eigenvalue weighted by molar-refractivity contribution is 5.77.